The minimum atomic E-state index is -0.601. The molecule has 1 saturated carbocycles. The Balaban J connectivity index is 1.17. The topological polar surface area (TPSA) is 87.7 Å². The van der Waals surface area contributed by atoms with Crippen molar-refractivity contribution in [2.24, 2.45) is 5.41 Å². The SMILES string of the molecule is C[C@@]12C[C@@H]1N(C(=O)CNC(=O)c1ccc(Oc3ccccc3)cc1)[C@H](C(=O)NCc1cccc(Cl)c1Cl)C2. The number of piperidine rings is 1. The van der Waals surface area contributed by atoms with Crippen molar-refractivity contribution >= 4 is 40.9 Å². The van der Waals surface area contributed by atoms with Gasteiger partial charge in [-0.2, -0.15) is 0 Å². The van der Waals surface area contributed by atoms with Crippen LogP contribution < -0.4 is 15.4 Å². The number of rotatable bonds is 8. The fourth-order valence-electron chi connectivity index (χ4n) is 4.99. The zero-order valence-electron chi connectivity index (χ0n) is 20.7. The Kier molecular flexibility index (Phi) is 7.32. The summed E-state index contributed by atoms with van der Waals surface area (Å²) in [4.78, 5) is 40.6. The number of nitrogens with one attached hydrogen (secondary N) is 2. The molecule has 0 unspecified atom stereocenters. The molecular weight excluding hydrogens is 525 g/mol. The average molecular weight is 552 g/mol. The van der Waals surface area contributed by atoms with Crippen LogP contribution in [-0.4, -0.2) is 41.2 Å². The van der Waals surface area contributed by atoms with Crippen molar-refractivity contribution in [3.63, 3.8) is 0 Å². The standard InChI is InChI=1S/C29H27Cl2N3O4/c1-29-14-23(28(37)32-16-19-6-5-9-22(30)26(19)31)34(24(29)15-29)25(35)17-33-27(36)18-10-12-21(13-11-18)38-20-7-3-2-4-8-20/h2-13,23-24H,14-17H2,1H3,(H,32,37)(H,33,36)/t23-,24-,29+/m0/s1. The summed E-state index contributed by atoms with van der Waals surface area (Å²) in [5.74, 6) is 0.390. The van der Waals surface area contributed by atoms with Crippen LogP contribution in [0.5, 0.6) is 11.5 Å². The minimum absolute atomic E-state index is 0.00757. The number of fused-ring (bicyclic) bond motifs is 1. The van der Waals surface area contributed by atoms with Gasteiger partial charge in [-0.25, -0.2) is 0 Å². The van der Waals surface area contributed by atoms with Gasteiger partial charge >= 0.3 is 0 Å². The highest BCUT2D eigenvalue weighted by Crippen LogP contribution is 2.59. The first-order valence-corrected chi connectivity index (χ1v) is 13.1. The van der Waals surface area contributed by atoms with E-state index in [4.69, 9.17) is 27.9 Å². The Bertz CT molecular complexity index is 1370. The normalized spacial score (nSPS) is 21.4. The van der Waals surface area contributed by atoms with Crippen molar-refractivity contribution < 1.29 is 19.1 Å². The van der Waals surface area contributed by atoms with Crippen LogP contribution in [0, 0.1) is 5.41 Å². The number of para-hydroxylation sites is 1. The van der Waals surface area contributed by atoms with E-state index in [1.807, 2.05) is 30.3 Å². The molecule has 2 N–H and O–H groups in total. The van der Waals surface area contributed by atoms with Gasteiger partial charge in [0.1, 0.15) is 17.5 Å². The predicted octanol–water partition coefficient (Wildman–Crippen LogP) is 5.21. The molecule has 1 heterocycles. The molecule has 0 radical (unpaired) electrons. The van der Waals surface area contributed by atoms with Gasteiger partial charge in [0, 0.05) is 18.2 Å². The largest absolute Gasteiger partial charge is 0.457 e. The zero-order chi connectivity index (χ0) is 26.9. The third kappa shape index (κ3) is 5.49. The van der Waals surface area contributed by atoms with Crippen LogP contribution in [0.1, 0.15) is 35.7 Å². The highest BCUT2D eigenvalue weighted by atomic mass is 35.5. The summed E-state index contributed by atoms with van der Waals surface area (Å²) in [5.41, 5.74) is 1.03. The Hall–Kier alpha value is -3.55. The highest BCUT2D eigenvalue weighted by molar-refractivity contribution is 6.42. The second kappa shape index (κ2) is 10.7. The second-order valence-corrected chi connectivity index (χ2v) is 10.7. The first-order valence-electron chi connectivity index (χ1n) is 12.4. The first kappa shape index (κ1) is 26.1. The lowest BCUT2D eigenvalue weighted by Crippen LogP contribution is -2.50. The Labute approximate surface area is 231 Å². The van der Waals surface area contributed by atoms with Crippen molar-refractivity contribution in [1.29, 1.82) is 0 Å². The van der Waals surface area contributed by atoms with Gasteiger partial charge in [0.2, 0.25) is 11.8 Å². The van der Waals surface area contributed by atoms with E-state index in [2.05, 4.69) is 17.6 Å². The number of hydrogen-bond donors (Lipinski definition) is 2. The Morgan fingerprint density at radius 2 is 1.63 bits per heavy atom. The van der Waals surface area contributed by atoms with E-state index in [1.54, 1.807) is 47.4 Å². The van der Waals surface area contributed by atoms with Crippen LogP contribution in [0.15, 0.2) is 72.8 Å². The molecule has 1 saturated heterocycles. The fourth-order valence-corrected chi connectivity index (χ4v) is 5.38. The van der Waals surface area contributed by atoms with Gasteiger partial charge < -0.3 is 20.3 Å². The lowest BCUT2D eigenvalue weighted by molar-refractivity contribution is -0.139. The Morgan fingerprint density at radius 1 is 0.921 bits per heavy atom. The molecule has 1 aliphatic carbocycles. The monoisotopic (exact) mass is 551 g/mol. The summed E-state index contributed by atoms with van der Waals surface area (Å²) in [6.07, 6.45) is 1.43. The number of benzene rings is 3. The molecule has 3 atom stereocenters. The van der Waals surface area contributed by atoms with E-state index in [9.17, 15) is 14.4 Å². The molecule has 3 aromatic rings. The molecule has 0 bridgehead atoms. The third-order valence-corrected chi connectivity index (χ3v) is 8.06. The van der Waals surface area contributed by atoms with Gasteiger partial charge in [-0.1, -0.05) is 60.5 Å². The summed E-state index contributed by atoms with van der Waals surface area (Å²) in [7, 11) is 0. The highest BCUT2D eigenvalue weighted by Gasteiger charge is 2.64. The fraction of sp³-hybridized carbons (Fsp3) is 0.276. The van der Waals surface area contributed by atoms with Crippen LogP contribution in [0.2, 0.25) is 10.0 Å². The van der Waals surface area contributed by atoms with Crippen molar-refractivity contribution in [1.82, 2.24) is 15.5 Å². The maximum Gasteiger partial charge on any atom is 0.251 e. The van der Waals surface area contributed by atoms with E-state index >= 15 is 0 Å². The number of carbonyl (C=O) groups excluding carboxylic acids is 3. The van der Waals surface area contributed by atoms with Crippen LogP contribution in [0.25, 0.3) is 0 Å². The van der Waals surface area contributed by atoms with Gasteiger partial charge in [-0.05, 0) is 66.3 Å². The van der Waals surface area contributed by atoms with Crippen LogP contribution >= 0.6 is 23.2 Å². The molecule has 3 aromatic carbocycles. The summed E-state index contributed by atoms with van der Waals surface area (Å²) < 4.78 is 5.76. The molecule has 0 aromatic heterocycles. The first-order chi connectivity index (χ1) is 18.2. The number of halogens is 2. The van der Waals surface area contributed by atoms with Crippen molar-refractivity contribution in [3.05, 3.63) is 94.0 Å². The molecule has 2 fully saturated rings. The third-order valence-electron chi connectivity index (χ3n) is 7.21. The molecule has 38 heavy (non-hydrogen) atoms. The van der Waals surface area contributed by atoms with Crippen molar-refractivity contribution in [2.45, 2.75) is 38.4 Å². The van der Waals surface area contributed by atoms with Crippen LogP contribution in [0.4, 0.5) is 0 Å². The van der Waals surface area contributed by atoms with Crippen LogP contribution in [-0.2, 0) is 16.1 Å². The predicted molar refractivity (Wildman–Crippen MR) is 145 cm³/mol. The number of ether oxygens (including phenoxy) is 1. The van der Waals surface area contributed by atoms with Gasteiger partial charge in [-0.3, -0.25) is 14.4 Å². The van der Waals surface area contributed by atoms with Gasteiger partial charge in [-0.15, -0.1) is 0 Å². The minimum Gasteiger partial charge on any atom is -0.457 e. The van der Waals surface area contributed by atoms with Gasteiger partial charge in [0.25, 0.3) is 5.91 Å². The lowest BCUT2D eigenvalue weighted by atomic mass is 10.0. The number of likely N-dealkylation sites (tertiary alicyclic amines) is 1. The molecule has 0 spiro atoms. The van der Waals surface area contributed by atoms with Gasteiger partial charge in [0.15, 0.2) is 0 Å². The smallest absolute Gasteiger partial charge is 0.251 e. The van der Waals surface area contributed by atoms with E-state index in [1.165, 1.54) is 0 Å². The molecule has 5 rings (SSSR count). The maximum atomic E-state index is 13.2. The molecule has 3 amide bonds. The summed E-state index contributed by atoms with van der Waals surface area (Å²) in [6.45, 7) is 2.09. The van der Waals surface area contributed by atoms with Crippen LogP contribution in [0.3, 0.4) is 0 Å². The van der Waals surface area contributed by atoms with Gasteiger partial charge in [0.05, 0.1) is 16.6 Å². The Morgan fingerprint density at radius 3 is 2.37 bits per heavy atom. The maximum absolute atomic E-state index is 13.2. The summed E-state index contributed by atoms with van der Waals surface area (Å²) in [5, 5.41) is 6.39. The molecule has 1 aliphatic heterocycles. The molecule has 9 heteroatoms. The second-order valence-electron chi connectivity index (χ2n) is 9.95. The summed E-state index contributed by atoms with van der Waals surface area (Å²) in [6, 6.07) is 20.7. The quantitative estimate of drug-likeness (QED) is 0.402. The number of nitrogens with zero attached hydrogens (tertiary/aromatic N) is 1. The van der Waals surface area contributed by atoms with Crippen molar-refractivity contribution in [2.75, 3.05) is 6.54 Å². The zero-order valence-corrected chi connectivity index (χ0v) is 22.3. The van der Waals surface area contributed by atoms with Crippen molar-refractivity contribution in [3.8, 4) is 11.5 Å². The number of hydrogen-bond acceptors (Lipinski definition) is 4. The number of carbonyl (C=O) groups is 3. The number of amides is 3. The van der Waals surface area contributed by atoms with E-state index in [0.717, 1.165) is 6.42 Å². The van der Waals surface area contributed by atoms with E-state index in [-0.39, 0.29) is 42.3 Å². The van der Waals surface area contributed by atoms with E-state index < -0.39 is 6.04 Å². The molecular formula is C29H27Cl2N3O4. The van der Waals surface area contributed by atoms with E-state index in [0.29, 0.717) is 39.1 Å². The lowest BCUT2D eigenvalue weighted by Gasteiger charge is -2.27. The molecule has 2 aliphatic rings. The summed E-state index contributed by atoms with van der Waals surface area (Å²) >= 11 is 12.3. The molecule has 196 valence electrons. The molecule has 7 nitrogen and oxygen atoms in total. The average Bonchev–Trinajstić information content (AvgIpc) is 3.48.